The number of hydrogen-bond donors (Lipinski definition) is 1. The second-order valence-corrected chi connectivity index (χ2v) is 2.06. The highest BCUT2D eigenvalue weighted by molar-refractivity contribution is 4.58. The van der Waals surface area contributed by atoms with Gasteiger partial charge in [-0.1, -0.05) is 0 Å². The van der Waals surface area contributed by atoms with Gasteiger partial charge in [-0.05, 0) is 6.92 Å². The highest BCUT2D eigenvalue weighted by atomic mass is 16.8. The average molecular weight is 148 g/mol. The van der Waals surface area contributed by atoms with E-state index in [1.807, 2.05) is 6.92 Å². The van der Waals surface area contributed by atoms with Gasteiger partial charge in [0.1, 0.15) is 6.10 Å². The second-order valence-electron chi connectivity index (χ2n) is 2.06. The molecule has 1 fully saturated rings. The lowest BCUT2D eigenvalue weighted by atomic mass is 10.4. The third-order valence-corrected chi connectivity index (χ3v) is 1.24. The fourth-order valence-corrected chi connectivity index (χ4v) is 0.770. The summed E-state index contributed by atoms with van der Waals surface area (Å²) in [5.74, 6) is 0. The highest BCUT2D eigenvalue weighted by Gasteiger charge is 2.23. The van der Waals surface area contributed by atoms with Crippen LogP contribution in [0.1, 0.15) is 6.92 Å². The maximum absolute atomic E-state index is 8.70. The van der Waals surface area contributed by atoms with Crippen molar-refractivity contribution in [3.05, 3.63) is 0 Å². The molecular weight excluding hydrogens is 136 g/mol. The summed E-state index contributed by atoms with van der Waals surface area (Å²) < 4.78 is 14.6. The number of hydrogen-bond acceptors (Lipinski definition) is 4. The van der Waals surface area contributed by atoms with Crippen LogP contribution < -0.4 is 0 Å². The summed E-state index contributed by atoms with van der Waals surface area (Å²) in [6, 6.07) is 0. The minimum absolute atomic E-state index is 0.102. The zero-order valence-corrected chi connectivity index (χ0v) is 5.95. The maximum atomic E-state index is 8.70. The molecule has 0 aromatic carbocycles. The average Bonchev–Trinajstić information content (AvgIpc) is 2.31. The molecule has 1 saturated heterocycles. The standard InChI is InChI=1S/C6H12O4/c1-2-8-3-5-4-9-6(7)10-5/h5-7H,2-4H2,1H3. The molecule has 60 valence electrons. The molecule has 0 aromatic rings. The number of aliphatic hydroxyl groups is 1. The third kappa shape index (κ3) is 2.22. The Morgan fingerprint density at radius 3 is 3.00 bits per heavy atom. The number of rotatable bonds is 3. The maximum Gasteiger partial charge on any atom is 0.269 e. The molecule has 1 rings (SSSR count). The second kappa shape index (κ2) is 3.88. The van der Waals surface area contributed by atoms with E-state index in [0.717, 1.165) is 0 Å². The Morgan fingerprint density at radius 1 is 1.70 bits per heavy atom. The van der Waals surface area contributed by atoms with E-state index in [4.69, 9.17) is 19.3 Å². The minimum atomic E-state index is -1.05. The Bertz CT molecular complexity index is 95.7. The molecule has 10 heavy (non-hydrogen) atoms. The van der Waals surface area contributed by atoms with E-state index >= 15 is 0 Å². The Hall–Kier alpha value is -0.160. The van der Waals surface area contributed by atoms with E-state index in [2.05, 4.69) is 0 Å². The third-order valence-electron chi connectivity index (χ3n) is 1.24. The minimum Gasteiger partial charge on any atom is -0.379 e. The normalized spacial score (nSPS) is 33.0. The molecule has 4 nitrogen and oxygen atoms in total. The van der Waals surface area contributed by atoms with Gasteiger partial charge in [-0.15, -0.1) is 0 Å². The zero-order valence-electron chi connectivity index (χ0n) is 5.95. The van der Waals surface area contributed by atoms with Crippen molar-refractivity contribution in [1.29, 1.82) is 0 Å². The van der Waals surface area contributed by atoms with Crippen LogP contribution in [-0.2, 0) is 14.2 Å². The van der Waals surface area contributed by atoms with Gasteiger partial charge in [-0.2, -0.15) is 0 Å². The van der Waals surface area contributed by atoms with Gasteiger partial charge in [0.2, 0.25) is 0 Å². The molecule has 2 atom stereocenters. The van der Waals surface area contributed by atoms with E-state index in [1.54, 1.807) is 0 Å². The number of aliphatic hydroxyl groups excluding tert-OH is 1. The van der Waals surface area contributed by atoms with Crippen LogP contribution in [0.15, 0.2) is 0 Å². The summed E-state index contributed by atoms with van der Waals surface area (Å²) in [6.07, 6.45) is -0.102. The van der Waals surface area contributed by atoms with Gasteiger partial charge in [-0.3, -0.25) is 0 Å². The Morgan fingerprint density at radius 2 is 2.50 bits per heavy atom. The van der Waals surface area contributed by atoms with Crippen LogP contribution in [0.5, 0.6) is 0 Å². The topological polar surface area (TPSA) is 47.9 Å². The van der Waals surface area contributed by atoms with Gasteiger partial charge in [0, 0.05) is 6.61 Å². The predicted molar refractivity (Wildman–Crippen MR) is 33.3 cm³/mol. The van der Waals surface area contributed by atoms with Gasteiger partial charge in [-0.25, -0.2) is 0 Å². The van der Waals surface area contributed by atoms with Crippen molar-refractivity contribution in [2.24, 2.45) is 0 Å². The Kier molecular flexibility index (Phi) is 3.08. The molecule has 0 aliphatic carbocycles. The van der Waals surface area contributed by atoms with E-state index in [1.165, 1.54) is 0 Å². The van der Waals surface area contributed by atoms with Crippen molar-refractivity contribution in [2.45, 2.75) is 19.5 Å². The van der Waals surface area contributed by atoms with Crippen LogP contribution in [0.2, 0.25) is 0 Å². The van der Waals surface area contributed by atoms with Crippen LogP contribution in [0, 0.1) is 0 Å². The van der Waals surface area contributed by atoms with Crippen molar-refractivity contribution in [2.75, 3.05) is 19.8 Å². The molecule has 1 aliphatic rings. The molecular formula is C6H12O4. The van der Waals surface area contributed by atoms with Crippen molar-refractivity contribution >= 4 is 0 Å². The largest absolute Gasteiger partial charge is 0.379 e. The SMILES string of the molecule is CCOCC1COC(O)O1. The van der Waals surface area contributed by atoms with Crippen LogP contribution in [0.25, 0.3) is 0 Å². The first-order chi connectivity index (χ1) is 4.83. The quantitative estimate of drug-likeness (QED) is 0.597. The molecule has 1 aliphatic heterocycles. The molecule has 0 amide bonds. The van der Waals surface area contributed by atoms with Crippen LogP contribution in [0.4, 0.5) is 0 Å². The Balaban J connectivity index is 2.06. The summed E-state index contributed by atoms with van der Waals surface area (Å²) in [6.45, 7) is 2.43. The monoisotopic (exact) mass is 148 g/mol. The summed E-state index contributed by atoms with van der Waals surface area (Å²) in [5, 5.41) is 8.70. The molecule has 0 saturated carbocycles. The molecule has 1 N–H and O–H groups in total. The summed E-state index contributed by atoms with van der Waals surface area (Å²) in [5.41, 5.74) is 0. The summed E-state index contributed by atoms with van der Waals surface area (Å²) in [4.78, 5) is 0. The van der Waals surface area contributed by atoms with Crippen molar-refractivity contribution in [3.63, 3.8) is 0 Å². The van der Waals surface area contributed by atoms with Crippen molar-refractivity contribution < 1.29 is 19.3 Å². The first kappa shape index (κ1) is 7.94. The molecule has 4 heteroatoms. The van der Waals surface area contributed by atoms with Gasteiger partial charge in [0.15, 0.2) is 0 Å². The summed E-state index contributed by atoms with van der Waals surface area (Å²) in [7, 11) is 0. The lowest BCUT2D eigenvalue weighted by molar-refractivity contribution is -0.207. The molecule has 0 aromatic heterocycles. The van der Waals surface area contributed by atoms with Crippen molar-refractivity contribution in [3.8, 4) is 0 Å². The molecule has 0 spiro atoms. The van der Waals surface area contributed by atoms with Crippen LogP contribution >= 0.6 is 0 Å². The fourth-order valence-electron chi connectivity index (χ4n) is 0.770. The van der Waals surface area contributed by atoms with Gasteiger partial charge in [0.25, 0.3) is 6.48 Å². The van der Waals surface area contributed by atoms with Crippen molar-refractivity contribution in [1.82, 2.24) is 0 Å². The first-order valence-corrected chi connectivity index (χ1v) is 3.35. The smallest absolute Gasteiger partial charge is 0.269 e. The van der Waals surface area contributed by atoms with Crippen LogP contribution in [-0.4, -0.2) is 37.5 Å². The van der Waals surface area contributed by atoms with E-state index in [0.29, 0.717) is 19.8 Å². The molecule has 1 heterocycles. The van der Waals surface area contributed by atoms with E-state index in [-0.39, 0.29) is 6.10 Å². The van der Waals surface area contributed by atoms with Crippen LogP contribution in [0.3, 0.4) is 0 Å². The lowest BCUT2D eigenvalue weighted by Crippen LogP contribution is -2.18. The predicted octanol–water partition coefficient (Wildman–Crippen LogP) is -0.286. The Labute approximate surface area is 59.7 Å². The van der Waals surface area contributed by atoms with Gasteiger partial charge >= 0.3 is 0 Å². The zero-order chi connectivity index (χ0) is 7.40. The molecule has 0 bridgehead atoms. The molecule has 2 unspecified atom stereocenters. The van der Waals surface area contributed by atoms with E-state index in [9.17, 15) is 0 Å². The number of ether oxygens (including phenoxy) is 3. The fraction of sp³-hybridized carbons (Fsp3) is 1.00. The first-order valence-electron chi connectivity index (χ1n) is 3.35. The van der Waals surface area contributed by atoms with Gasteiger partial charge < -0.3 is 19.3 Å². The lowest BCUT2D eigenvalue weighted by Gasteiger charge is -2.06. The summed E-state index contributed by atoms with van der Waals surface area (Å²) >= 11 is 0. The van der Waals surface area contributed by atoms with Gasteiger partial charge in [0.05, 0.1) is 13.2 Å². The molecule has 0 radical (unpaired) electrons. The van der Waals surface area contributed by atoms with E-state index < -0.39 is 6.48 Å². The highest BCUT2D eigenvalue weighted by Crippen LogP contribution is 2.08.